The van der Waals surface area contributed by atoms with E-state index in [9.17, 15) is 4.79 Å². The standard InChI is InChI=1S/C16H26N2O3/c1-12-10-14(20-2)15(21-3)11-13(12)18-16(19)8-6-4-5-7-9-17/h10-11H,4-9,17H2,1-3H3,(H,18,19). The topological polar surface area (TPSA) is 73.6 Å². The van der Waals surface area contributed by atoms with Crippen molar-refractivity contribution in [2.75, 3.05) is 26.1 Å². The average molecular weight is 294 g/mol. The van der Waals surface area contributed by atoms with Gasteiger partial charge in [-0.3, -0.25) is 4.79 Å². The molecule has 1 aromatic carbocycles. The Balaban J connectivity index is 2.55. The third-order valence-electron chi connectivity index (χ3n) is 3.36. The first-order chi connectivity index (χ1) is 10.1. The third kappa shape index (κ3) is 5.63. The number of nitrogens with one attached hydrogen (secondary N) is 1. The van der Waals surface area contributed by atoms with Gasteiger partial charge in [-0.15, -0.1) is 0 Å². The van der Waals surface area contributed by atoms with E-state index in [1.807, 2.05) is 13.0 Å². The van der Waals surface area contributed by atoms with Gasteiger partial charge in [-0.2, -0.15) is 0 Å². The number of ether oxygens (including phenoxy) is 2. The summed E-state index contributed by atoms with van der Waals surface area (Å²) in [6.45, 7) is 2.65. The highest BCUT2D eigenvalue weighted by atomic mass is 16.5. The monoisotopic (exact) mass is 294 g/mol. The number of carbonyl (C=O) groups excluding carboxylic acids is 1. The minimum Gasteiger partial charge on any atom is -0.493 e. The van der Waals surface area contributed by atoms with Crippen LogP contribution >= 0.6 is 0 Å². The maximum Gasteiger partial charge on any atom is 0.224 e. The number of amides is 1. The Hall–Kier alpha value is -1.75. The minimum atomic E-state index is 0.0260. The molecule has 5 heteroatoms. The van der Waals surface area contributed by atoms with Crippen LogP contribution in [0.2, 0.25) is 0 Å². The molecule has 0 saturated heterocycles. The van der Waals surface area contributed by atoms with Gasteiger partial charge >= 0.3 is 0 Å². The van der Waals surface area contributed by atoms with Gasteiger partial charge in [0.1, 0.15) is 0 Å². The summed E-state index contributed by atoms with van der Waals surface area (Å²) in [7, 11) is 3.17. The zero-order chi connectivity index (χ0) is 15.7. The number of carbonyl (C=O) groups is 1. The molecular weight excluding hydrogens is 268 g/mol. The largest absolute Gasteiger partial charge is 0.493 e. The molecule has 0 heterocycles. The van der Waals surface area contributed by atoms with Crippen LogP contribution in [0, 0.1) is 6.92 Å². The highest BCUT2D eigenvalue weighted by Gasteiger charge is 2.10. The second-order valence-electron chi connectivity index (χ2n) is 5.02. The molecule has 1 amide bonds. The third-order valence-corrected chi connectivity index (χ3v) is 3.36. The van der Waals surface area contributed by atoms with Gasteiger partial charge in [0.2, 0.25) is 5.91 Å². The fourth-order valence-electron chi connectivity index (χ4n) is 2.11. The van der Waals surface area contributed by atoms with Crippen molar-refractivity contribution in [3.63, 3.8) is 0 Å². The summed E-state index contributed by atoms with van der Waals surface area (Å²) >= 11 is 0. The predicted molar refractivity (Wildman–Crippen MR) is 85.1 cm³/mol. The van der Waals surface area contributed by atoms with Gasteiger partial charge in [-0.25, -0.2) is 0 Å². The van der Waals surface area contributed by atoms with Crippen molar-refractivity contribution in [3.05, 3.63) is 17.7 Å². The Bertz CT molecular complexity index is 461. The van der Waals surface area contributed by atoms with Crippen LogP contribution in [0.5, 0.6) is 11.5 Å². The van der Waals surface area contributed by atoms with Gasteiger partial charge in [0.15, 0.2) is 11.5 Å². The summed E-state index contributed by atoms with van der Waals surface area (Å²) in [6, 6.07) is 3.65. The lowest BCUT2D eigenvalue weighted by molar-refractivity contribution is -0.116. The quantitative estimate of drug-likeness (QED) is 0.687. The van der Waals surface area contributed by atoms with E-state index in [-0.39, 0.29) is 5.91 Å². The van der Waals surface area contributed by atoms with Gasteiger partial charge in [0, 0.05) is 18.2 Å². The second-order valence-corrected chi connectivity index (χ2v) is 5.02. The summed E-state index contributed by atoms with van der Waals surface area (Å²) < 4.78 is 10.5. The van der Waals surface area contributed by atoms with Crippen LogP contribution < -0.4 is 20.5 Å². The predicted octanol–water partition coefficient (Wildman–Crippen LogP) is 2.86. The number of hydrogen-bond donors (Lipinski definition) is 2. The zero-order valence-corrected chi connectivity index (χ0v) is 13.2. The van der Waals surface area contributed by atoms with Crippen molar-refractivity contribution in [1.82, 2.24) is 0 Å². The molecule has 118 valence electrons. The number of benzene rings is 1. The molecule has 0 fully saturated rings. The summed E-state index contributed by atoms with van der Waals surface area (Å²) in [4.78, 5) is 11.9. The summed E-state index contributed by atoms with van der Waals surface area (Å²) in [5.74, 6) is 1.30. The van der Waals surface area contributed by atoms with Gasteiger partial charge in [0.25, 0.3) is 0 Å². The van der Waals surface area contributed by atoms with Crippen LogP contribution in [-0.2, 0) is 4.79 Å². The Labute approximate surface area is 126 Å². The molecule has 0 aromatic heterocycles. The van der Waals surface area contributed by atoms with Crippen molar-refractivity contribution in [2.24, 2.45) is 5.73 Å². The molecule has 0 spiro atoms. The summed E-state index contributed by atoms with van der Waals surface area (Å²) in [5.41, 5.74) is 7.15. The molecule has 0 atom stereocenters. The molecule has 0 bridgehead atoms. The maximum absolute atomic E-state index is 11.9. The fourth-order valence-corrected chi connectivity index (χ4v) is 2.11. The highest BCUT2D eigenvalue weighted by molar-refractivity contribution is 5.91. The first-order valence-electron chi connectivity index (χ1n) is 7.35. The summed E-state index contributed by atoms with van der Waals surface area (Å²) in [6.07, 6.45) is 4.56. The first kappa shape index (κ1) is 17.3. The van der Waals surface area contributed by atoms with Crippen LogP contribution in [0.4, 0.5) is 5.69 Å². The van der Waals surface area contributed by atoms with Crippen molar-refractivity contribution in [2.45, 2.75) is 39.0 Å². The number of nitrogens with two attached hydrogens (primary N) is 1. The lowest BCUT2D eigenvalue weighted by Crippen LogP contribution is -2.12. The molecular formula is C16H26N2O3. The number of unbranched alkanes of at least 4 members (excludes halogenated alkanes) is 3. The molecule has 0 aliphatic heterocycles. The molecule has 5 nitrogen and oxygen atoms in total. The van der Waals surface area contributed by atoms with Crippen LogP contribution in [-0.4, -0.2) is 26.7 Å². The van der Waals surface area contributed by atoms with Crippen LogP contribution in [0.3, 0.4) is 0 Å². The van der Waals surface area contributed by atoms with E-state index >= 15 is 0 Å². The number of hydrogen-bond acceptors (Lipinski definition) is 4. The number of rotatable bonds is 9. The molecule has 3 N–H and O–H groups in total. The molecule has 0 aliphatic carbocycles. The average Bonchev–Trinajstić information content (AvgIpc) is 2.48. The number of methoxy groups -OCH3 is 2. The second kappa shape index (κ2) is 9.23. The van der Waals surface area contributed by atoms with E-state index in [0.717, 1.165) is 43.5 Å². The fraction of sp³-hybridized carbons (Fsp3) is 0.562. The molecule has 0 saturated carbocycles. The zero-order valence-electron chi connectivity index (χ0n) is 13.2. The smallest absolute Gasteiger partial charge is 0.224 e. The van der Waals surface area contributed by atoms with Crippen molar-refractivity contribution < 1.29 is 14.3 Å². The lowest BCUT2D eigenvalue weighted by atomic mass is 10.1. The molecule has 1 rings (SSSR count). The van der Waals surface area contributed by atoms with Gasteiger partial charge < -0.3 is 20.5 Å². The van der Waals surface area contributed by atoms with Gasteiger partial charge in [0.05, 0.1) is 14.2 Å². The van der Waals surface area contributed by atoms with Crippen molar-refractivity contribution in [3.8, 4) is 11.5 Å². The molecule has 1 aromatic rings. The maximum atomic E-state index is 11.9. The van der Waals surface area contributed by atoms with Crippen molar-refractivity contribution >= 4 is 11.6 Å². The van der Waals surface area contributed by atoms with Crippen molar-refractivity contribution in [1.29, 1.82) is 0 Å². The Kier molecular flexibility index (Phi) is 7.61. The van der Waals surface area contributed by atoms with Gasteiger partial charge in [-0.1, -0.05) is 12.8 Å². The molecule has 0 aliphatic rings. The number of anilines is 1. The van der Waals surface area contributed by atoms with Crippen LogP contribution in [0.15, 0.2) is 12.1 Å². The highest BCUT2D eigenvalue weighted by Crippen LogP contribution is 2.32. The summed E-state index contributed by atoms with van der Waals surface area (Å²) in [5, 5.41) is 2.93. The lowest BCUT2D eigenvalue weighted by Gasteiger charge is -2.13. The molecule has 0 radical (unpaired) electrons. The normalized spacial score (nSPS) is 10.3. The van der Waals surface area contributed by atoms with Gasteiger partial charge in [-0.05, 0) is 37.9 Å². The molecule has 0 unspecified atom stereocenters. The van der Waals surface area contributed by atoms with E-state index in [0.29, 0.717) is 17.9 Å². The molecule has 21 heavy (non-hydrogen) atoms. The van der Waals surface area contributed by atoms with Crippen LogP contribution in [0.25, 0.3) is 0 Å². The van der Waals surface area contributed by atoms with E-state index in [1.54, 1.807) is 20.3 Å². The van der Waals surface area contributed by atoms with E-state index in [1.165, 1.54) is 0 Å². The van der Waals surface area contributed by atoms with Crippen LogP contribution in [0.1, 0.15) is 37.7 Å². The van der Waals surface area contributed by atoms with E-state index in [4.69, 9.17) is 15.2 Å². The Morgan fingerprint density at radius 2 is 1.71 bits per heavy atom. The van der Waals surface area contributed by atoms with E-state index < -0.39 is 0 Å². The number of aryl methyl sites for hydroxylation is 1. The minimum absolute atomic E-state index is 0.0260. The Morgan fingerprint density at radius 3 is 2.33 bits per heavy atom. The Morgan fingerprint density at radius 1 is 1.10 bits per heavy atom. The SMILES string of the molecule is COc1cc(C)c(NC(=O)CCCCCCN)cc1OC. The first-order valence-corrected chi connectivity index (χ1v) is 7.35. The van der Waals surface area contributed by atoms with E-state index in [2.05, 4.69) is 5.32 Å².